The fourth-order valence-corrected chi connectivity index (χ4v) is 2.60. The summed E-state index contributed by atoms with van der Waals surface area (Å²) in [4.78, 5) is 14.0. The summed E-state index contributed by atoms with van der Waals surface area (Å²) < 4.78 is 0. The zero-order valence-electron chi connectivity index (χ0n) is 12.2. The molecule has 21 heavy (non-hydrogen) atoms. The molecule has 0 bridgehead atoms. The van der Waals surface area contributed by atoms with E-state index in [-0.39, 0.29) is 12.6 Å². The van der Waals surface area contributed by atoms with Crippen molar-refractivity contribution >= 4 is 23.3 Å². The van der Waals surface area contributed by atoms with Crippen molar-refractivity contribution in [2.45, 2.75) is 25.9 Å². The molecule has 116 valence electrons. The second kappa shape index (κ2) is 7.64. The van der Waals surface area contributed by atoms with Crippen molar-refractivity contribution in [1.82, 2.24) is 10.2 Å². The van der Waals surface area contributed by atoms with Crippen LogP contribution in [0.25, 0.3) is 0 Å². The monoisotopic (exact) mass is 311 g/mol. The van der Waals surface area contributed by atoms with Gasteiger partial charge in [0.25, 0.3) is 0 Å². The summed E-state index contributed by atoms with van der Waals surface area (Å²) in [6.07, 6.45) is 1.82. The van der Waals surface area contributed by atoms with E-state index < -0.39 is 6.10 Å². The van der Waals surface area contributed by atoms with Crippen LogP contribution in [0.5, 0.6) is 0 Å². The number of carbonyl (C=O) groups excluding carboxylic acids is 1. The molecule has 1 fully saturated rings. The molecule has 0 saturated carbocycles. The molecule has 1 aromatic rings. The Kier molecular flexibility index (Phi) is 5.85. The summed E-state index contributed by atoms with van der Waals surface area (Å²) in [5.74, 6) is 0. The maximum absolute atomic E-state index is 11.8. The molecule has 1 aliphatic heterocycles. The Balaban J connectivity index is 1.75. The van der Waals surface area contributed by atoms with E-state index >= 15 is 0 Å². The van der Waals surface area contributed by atoms with Gasteiger partial charge in [0.05, 0.1) is 16.8 Å². The largest absolute Gasteiger partial charge is 0.390 e. The summed E-state index contributed by atoms with van der Waals surface area (Å²) in [7, 11) is 0. The van der Waals surface area contributed by atoms with Gasteiger partial charge >= 0.3 is 6.03 Å². The van der Waals surface area contributed by atoms with Gasteiger partial charge < -0.3 is 20.6 Å². The van der Waals surface area contributed by atoms with Gasteiger partial charge in [-0.2, -0.15) is 0 Å². The molecular formula is C15H22ClN3O2. The van der Waals surface area contributed by atoms with Crippen LogP contribution in [0, 0.1) is 6.92 Å². The van der Waals surface area contributed by atoms with Crippen molar-refractivity contribution in [1.29, 1.82) is 0 Å². The third kappa shape index (κ3) is 5.19. The minimum atomic E-state index is -0.554. The molecule has 1 heterocycles. The first-order valence-corrected chi connectivity index (χ1v) is 7.64. The van der Waals surface area contributed by atoms with Crippen LogP contribution in [0.2, 0.25) is 5.02 Å². The third-order valence-electron chi connectivity index (χ3n) is 3.54. The number of nitrogens with zero attached hydrogens (tertiary/aromatic N) is 1. The Morgan fingerprint density at radius 3 is 2.86 bits per heavy atom. The highest BCUT2D eigenvalue weighted by Crippen LogP contribution is 2.22. The summed E-state index contributed by atoms with van der Waals surface area (Å²) >= 11 is 6.02. The molecule has 6 heteroatoms. The van der Waals surface area contributed by atoms with E-state index in [1.165, 1.54) is 12.8 Å². The van der Waals surface area contributed by atoms with Gasteiger partial charge in [0.1, 0.15) is 0 Å². The van der Waals surface area contributed by atoms with Crippen LogP contribution in [0.15, 0.2) is 18.2 Å². The number of urea groups is 1. The number of anilines is 1. The smallest absolute Gasteiger partial charge is 0.319 e. The van der Waals surface area contributed by atoms with E-state index in [0.717, 1.165) is 18.7 Å². The lowest BCUT2D eigenvalue weighted by Crippen LogP contribution is -2.40. The van der Waals surface area contributed by atoms with Crippen molar-refractivity contribution < 1.29 is 9.90 Å². The number of benzene rings is 1. The maximum Gasteiger partial charge on any atom is 0.319 e. The van der Waals surface area contributed by atoms with Crippen LogP contribution in [-0.4, -0.2) is 48.3 Å². The first kappa shape index (κ1) is 16.1. The molecule has 0 aliphatic carbocycles. The Hall–Kier alpha value is -1.30. The molecule has 5 nitrogen and oxygen atoms in total. The van der Waals surface area contributed by atoms with E-state index in [1.807, 2.05) is 19.1 Å². The van der Waals surface area contributed by atoms with Crippen LogP contribution in [0.1, 0.15) is 18.4 Å². The number of β-amino-alcohol motifs (C(OH)–C–C–N with tert-alkyl or cyclic N) is 1. The molecule has 3 N–H and O–H groups in total. The van der Waals surface area contributed by atoms with Crippen molar-refractivity contribution in [3.8, 4) is 0 Å². The van der Waals surface area contributed by atoms with Gasteiger partial charge in [0.15, 0.2) is 0 Å². The Morgan fingerprint density at radius 1 is 1.43 bits per heavy atom. The fourth-order valence-electron chi connectivity index (χ4n) is 2.44. The quantitative estimate of drug-likeness (QED) is 0.781. The standard InChI is InChI=1S/C15H22ClN3O2/c1-11-4-5-13(16)14(8-11)18-15(21)17-9-12(20)10-19-6-2-3-7-19/h4-5,8,12,20H,2-3,6-7,9-10H2,1H3,(H2,17,18,21)/t12-/m0/s1. The first-order valence-electron chi connectivity index (χ1n) is 7.26. The highest BCUT2D eigenvalue weighted by Gasteiger charge is 2.16. The number of likely N-dealkylation sites (tertiary alicyclic amines) is 1. The van der Waals surface area contributed by atoms with E-state index in [4.69, 9.17) is 11.6 Å². The maximum atomic E-state index is 11.8. The SMILES string of the molecule is Cc1ccc(Cl)c(NC(=O)NC[C@H](O)CN2CCCC2)c1. The number of nitrogens with one attached hydrogen (secondary N) is 2. The predicted octanol–water partition coefficient (Wildman–Crippen LogP) is 2.23. The number of amides is 2. The summed E-state index contributed by atoms with van der Waals surface area (Å²) in [5.41, 5.74) is 1.59. The number of aliphatic hydroxyl groups is 1. The average molecular weight is 312 g/mol. The number of aryl methyl sites for hydroxylation is 1. The van der Waals surface area contributed by atoms with Crippen LogP contribution >= 0.6 is 11.6 Å². The Bertz CT molecular complexity index is 490. The average Bonchev–Trinajstić information content (AvgIpc) is 2.93. The van der Waals surface area contributed by atoms with Gasteiger partial charge in [0.2, 0.25) is 0 Å². The topological polar surface area (TPSA) is 64.6 Å². The lowest BCUT2D eigenvalue weighted by atomic mass is 10.2. The minimum Gasteiger partial charge on any atom is -0.390 e. The highest BCUT2D eigenvalue weighted by molar-refractivity contribution is 6.33. The number of carbonyl (C=O) groups is 1. The second-order valence-corrected chi connectivity index (χ2v) is 5.89. The summed E-state index contributed by atoms with van der Waals surface area (Å²) in [5, 5.41) is 15.8. The first-order chi connectivity index (χ1) is 10.0. The van der Waals surface area contributed by atoms with Gasteiger partial charge in [-0.25, -0.2) is 4.79 Å². The highest BCUT2D eigenvalue weighted by atomic mass is 35.5. The van der Waals surface area contributed by atoms with Crippen LogP contribution in [-0.2, 0) is 0 Å². The van der Waals surface area contributed by atoms with E-state index in [9.17, 15) is 9.90 Å². The predicted molar refractivity (Wildman–Crippen MR) is 84.9 cm³/mol. The third-order valence-corrected chi connectivity index (χ3v) is 3.87. The number of aliphatic hydroxyl groups excluding tert-OH is 1. The van der Waals surface area contributed by atoms with Crippen molar-refractivity contribution in [2.24, 2.45) is 0 Å². The molecule has 1 atom stereocenters. The molecular weight excluding hydrogens is 290 g/mol. The zero-order chi connectivity index (χ0) is 15.2. The molecule has 1 aliphatic rings. The van der Waals surface area contributed by atoms with Gasteiger partial charge in [-0.1, -0.05) is 17.7 Å². The summed E-state index contributed by atoms with van der Waals surface area (Å²) in [6, 6.07) is 5.07. The van der Waals surface area contributed by atoms with Gasteiger partial charge in [-0.05, 0) is 50.6 Å². The number of hydrogen-bond acceptors (Lipinski definition) is 3. The number of rotatable bonds is 5. The van der Waals surface area contributed by atoms with Crippen molar-refractivity contribution in [3.05, 3.63) is 28.8 Å². The van der Waals surface area contributed by atoms with Crippen molar-refractivity contribution in [2.75, 3.05) is 31.5 Å². The Labute approximate surface area is 130 Å². The van der Waals surface area contributed by atoms with E-state index in [2.05, 4.69) is 15.5 Å². The Morgan fingerprint density at radius 2 is 2.14 bits per heavy atom. The van der Waals surface area contributed by atoms with Gasteiger partial charge in [-0.3, -0.25) is 0 Å². The van der Waals surface area contributed by atoms with Crippen molar-refractivity contribution in [3.63, 3.8) is 0 Å². The van der Waals surface area contributed by atoms with Gasteiger partial charge in [-0.15, -0.1) is 0 Å². The van der Waals surface area contributed by atoms with Crippen LogP contribution in [0.3, 0.4) is 0 Å². The lowest BCUT2D eigenvalue weighted by Gasteiger charge is -2.19. The minimum absolute atomic E-state index is 0.228. The van der Waals surface area contributed by atoms with E-state index in [1.54, 1.807) is 6.07 Å². The molecule has 1 saturated heterocycles. The molecule has 1 aromatic carbocycles. The second-order valence-electron chi connectivity index (χ2n) is 5.48. The molecule has 2 amide bonds. The molecule has 0 aromatic heterocycles. The zero-order valence-corrected chi connectivity index (χ0v) is 13.0. The summed E-state index contributed by atoms with van der Waals surface area (Å²) in [6.45, 7) is 4.82. The van der Waals surface area contributed by atoms with Crippen LogP contribution in [0.4, 0.5) is 10.5 Å². The number of hydrogen-bond donors (Lipinski definition) is 3. The molecule has 2 rings (SSSR count). The lowest BCUT2D eigenvalue weighted by molar-refractivity contribution is 0.125. The van der Waals surface area contributed by atoms with Gasteiger partial charge in [0, 0.05) is 13.1 Å². The fraction of sp³-hybridized carbons (Fsp3) is 0.533. The molecule has 0 radical (unpaired) electrons. The normalized spacial score (nSPS) is 16.7. The molecule has 0 spiro atoms. The van der Waals surface area contributed by atoms with Crippen LogP contribution < -0.4 is 10.6 Å². The van der Waals surface area contributed by atoms with E-state index in [0.29, 0.717) is 17.3 Å². The molecule has 0 unspecified atom stereocenters. The number of halogens is 1.